The van der Waals surface area contributed by atoms with Gasteiger partial charge in [0.05, 0.1) is 22.0 Å². The van der Waals surface area contributed by atoms with Gasteiger partial charge in [0.2, 0.25) is 0 Å². The number of benzene rings is 2. The predicted octanol–water partition coefficient (Wildman–Crippen LogP) is 3.57. The third-order valence-electron chi connectivity index (χ3n) is 3.32. The fraction of sp³-hybridized carbons (Fsp3) is 0.143. The fourth-order valence-electron chi connectivity index (χ4n) is 2.14. The zero-order valence-corrected chi connectivity index (χ0v) is 12.1. The Labute approximate surface area is 130 Å². The number of hydrogen-bond acceptors (Lipinski definition) is 6. The van der Waals surface area contributed by atoms with Crippen LogP contribution in [0.4, 0.5) is 11.4 Å². The summed E-state index contributed by atoms with van der Waals surface area (Å²) in [4.78, 5) is 21.0. The fourth-order valence-corrected chi connectivity index (χ4v) is 3.21. The average Bonchev–Trinajstić information content (AvgIpc) is 3.27. The van der Waals surface area contributed by atoms with Crippen LogP contribution in [0.1, 0.15) is 11.6 Å². The van der Waals surface area contributed by atoms with Gasteiger partial charge in [-0.1, -0.05) is 30.3 Å². The highest BCUT2D eigenvalue weighted by molar-refractivity contribution is 7.97. The minimum Gasteiger partial charge on any atom is -0.258 e. The molecule has 1 aliphatic rings. The van der Waals surface area contributed by atoms with Gasteiger partial charge in [0.25, 0.3) is 11.4 Å². The molecular weight excluding hydrogens is 306 g/mol. The smallest absolute Gasteiger partial charge is 0.258 e. The lowest BCUT2D eigenvalue weighted by Gasteiger charge is -2.04. The van der Waals surface area contributed by atoms with Crippen LogP contribution in [0, 0.1) is 20.2 Å². The van der Waals surface area contributed by atoms with Gasteiger partial charge in [-0.15, -0.1) is 0 Å². The monoisotopic (exact) mass is 317 g/mol. The van der Waals surface area contributed by atoms with Crippen LogP contribution in [0.3, 0.4) is 0 Å². The first-order chi connectivity index (χ1) is 10.6. The van der Waals surface area contributed by atoms with Crippen molar-refractivity contribution in [1.82, 2.24) is 4.31 Å². The Kier molecular flexibility index (Phi) is 3.78. The lowest BCUT2D eigenvalue weighted by Crippen LogP contribution is -1.96. The van der Waals surface area contributed by atoms with Crippen molar-refractivity contribution in [3.63, 3.8) is 0 Å². The van der Waals surface area contributed by atoms with Gasteiger partial charge in [-0.2, -0.15) is 0 Å². The summed E-state index contributed by atoms with van der Waals surface area (Å²) < 4.78 is 2.00. The van der Waals surface area contributed by atoms with Crippen LogP contribution in [0.25, 0.3) is 0 Å². The third-order valence-corrected chi connectivity index (χ3v) is 4.50. The van der Waals surface area contributed by atoms with Gasteiger partial charge in [-0.25, -0.2) is 4.31 Å². The van der Waals surface area contributed by atoms with Gasteiger partial charge in [0.1, 0.15) is 4.90 Å². The highest BCUT2D eigenvalue weighted by atomic mass is 32.2. The number of nitrogens with zero attached hydrogens (tertiary/aromatic N) is 3. The van der Waals surface area contributed by atoms with Crippen molar-refractivity contribution in [3.05, 3.63) is 74.3 Å². The molecule has 1 fully saturated rings. The lowest BCUT2D eigenvalue weighted by atomic mass is 10.2. The molecule has 2 unspecified atom stereocenters. The lowest BCUT2D eigenvalue weighted by molar-refractivity contribution is -0.396. The van der Waals surface area contributed by atoms with E-state index in [-0.39, 0.29) is 17.4 Å². The van der Waals surface area contributed by atoms with Gasteiger partial charge in [0, 0.05) is 12.6 Å². The molecule has 112 valence electrons. The Hall–Kier alpha value is -2.45. The van der Waals surface area contributed by atoms with Crippen molar-refractivity contribution in [3.8, 4) is 0 Å². The predicted molar refractivity (Wildman–Crippen MR) is 81.5 cm³/mol. The van der Waals surface area contributed by atoms with Crippen molar-refractivity contribution < 1.29 is 9.85 Å². The van der Waals surface area contributed by atoms with Crippen LogP contribution in [0.15, 0.2) is 53.4 Å². The van der Waals surface area contributed by atoms with Gasteiger partial charge < -0.3 is 0 Å². The topological polar surface area (TPSA) is 89.3 Å². The molecule has 1 saturated heterocycles. The highest BCUT2D eigenvalue weighted by Crippen LogP contribution is 2.46. The summed E-state index contributed by atoms with van der Waals surface area (Å²) in [7, 11) is 0. The molecule has 0 amide bonds. The van der Waals surface area contributed by atoms with Gasteiger partial charge in [-0.05, 0) is 23.6 Å². The minimum absolute atomic E-state index is 0.223. The Morgan fingerprint density at radius 2 is 1.77 bits per heavy atom. The van der Waals surface area contributed by atoms with Crippen molar-refractivity contribution in [2.75, 3.05) is 6.54 Å². The van der Waals surface area contributed by atoms with E-state index in [0.717, 1.165) is 18.2 Å². The van der Waals surface area contributed by atoms with Crippen LogP contribution in [-0.4, -0.2) is 20.7 Å². The first-order valence-electron chi connectivity index (χ1n) is 6.48. The number of nitro benzene ring substituents is 2. The van der Waals surface area contributed by atoms with E-state index in [1.807, 2.05) is 34.6 Å². The van der Waals surface area contributed by atoms with E-state index >= 15 is 0 Å². The largest absolute Gasteiger partial charge is 0.291 e. The summed E-state index contributed by atoms with van der Waals surface area (Å²) in [6, 6.07) is 13.8. The Bertz CT molecular complexity index is 738. The standard InChI is InChI=1S/C14H11N3O4S/c18-16(19)11-6-7-14(12(8-11)17(20)21)22-15-9-13(15)10-4-2-1-3-5-10/h1-8,13H,9H2. The summed E-state index contributed by atoms with van der Waals surface area (Å²) in [6.07, 6.45) is 0. The summed E-state index contributed by atoms with van der Waals surface area (Å²) in [6.45, 7) is 0.794. The maximum atomic E-state index is 11.1. The number of rotatable bonds is 5. The molecule has 0 bridgehead atoms. The van der Waals surface area contributed by atoms with E-state index in [1.165, 1.54) is 24.1 Å². The molecular formula is C14H11N3O4S. The second kappa shape index (κ2) is 5.74. The zero-order valence-electron chi connectivity index (χ0n) is 11.3. The number of non-ortho nitro benzene ring substituents is 1. The van der Waals surface area contributed by atoms with Gasteiger partial charge >= 0.3 is 0 Å². The summed E-state index contributed by atoms with van der Waals surface area (Å²) >= 11 is 1.26. The third kappa shape index (κ3) is 2.92. The molecule has 0 aliphatic carbocycles. The van der Waals surface area contributed by atoms with Crippen LogP contribution in [0.2, 0.25) is 0 Å². The van der Waals surface area contributed by atoms with E-state index < -0.39 is 9.85 Å². The van der Waals surface area contributed by atoms with Crippen molar-refractivity contribution in [2.45, 2.75) is 10.9 Å². The van der Waals surface area contributed by atoms with Crippen molar-refractivity contribution in [2.24, 2.45) is 0 Å². The van der Waals surface area contributed by atoms with Crippen LogP contribution in [0.5, 0.6) is 0 Å². The molecule has 2 aromatic carbocycles. The molecule has 8 heteroatoms. The molecule has 1 heterocycles. The van der Waals surface area contributed by atoms with E-state index in [2.05, 4.69) is 0 Å². The summed E-state index contributed by atoms with van der Waals surface area (Å²) in [5.74, 6) is 0. The van der Waals surface area contributed by atoms with E-state index in [1.54, 1.807) is 0 Å². The quantitative estimate of drug-likeness (QED) is 0.362. The molecule has 0 aromatic heterocycles. The summed E-state index contributed by atoms with van der Waals surface area (Å²) in [5.41, 5.74) is 0.638. The molecule has 7 nitrogen and oxygen atoms in total. The number of hydrogen-bond donors (Lipinski definition) is 0. The molecule has 0 spiro atoms. The van der Waals surface area contributed by atoms with Crippen LogP contribution < -0.4 is 0 Å². The molecule has 2 aromatic rings. The highest BCUT2D eigenvalue weighted by Gasteiger charge is 2.38. The van der Waals surface area contributed by atoms with Crippen LogP contribution >= 0.6 is 11.9 Å². The van der Waals surface area contributed by atoms with Crippen LogP contribution in [-0.2, 0) is 0 Å². The first-order valence-corrected chi connectivity index (χ1v) is 7.26. The van der Waals surface area contributed by atoms with Gasteiger partial charge in [0.15, 0.2) is 0 Å². The van der Waals surface area contributed by atoms with E-state index in [0.29, 0.717) is 4.90 Å². The van der Waals surface area contributed by atoms with E-state index in [9.17, 15) is 20.2 Å². The number of nitro groups is 2. The second-order valence-electron chi connectivity index (χ2n) is 4.78. The normalized spacial score (nSPS) is 19.6. The minimum atomic E-state index is -0.633. The molecule has 1 aliphatic heterocycles. The maximum Gasteiger partial charge on any atom is 0.291 e. The van der Waals surface area contributed by atoms with Crippen molar-refractivity contribution >= 4 is 23.3 Å². The first kappa shape index (κ1) is 14.5. The maximum absolute atomic E-state index is 11.1. The zero-order chi connectivity index (χ0) is 15.7. The molecule has 0 saturated carbocycles. The van der Waals surface area contributed by atoms with Gasteiger partial charge in [-0.3, -0.25) is 20.2 Å². The second-order valence-corrected chi connectivity index (χ2v) is 5.88. The molecule has 3 rings (SSSR count). The van der Waals surface area contributed by atoms with Crippen molar-refractivity contribution in [1.29, 1.82) is 0 Å². The summed E-state index contributed by atoms with van der Waals surface area (Å²) in [5, 5.41) is 21.8. The molecule has 0 N–H and O–H groups in total. The Morgan fingerprint density at radius 1 is 1.05 bits per heavy atom. The SMILES string of the molecule is O=[N+]([O-])c1ccc(SN2CC2c2ccccc2)c([N+](=O)[O-])c1. The molecule has 2 atom stereocenters. The Balaban J connectivity index is 1.79. The average molecular weight is 317 g/mol. The van der Waals surface area contributed by atoms with E-state index in [4.69, 9.17) is 0 Å². The molecule has 22 heavy (non-hydrogen) atoms. The Morgan fingerprint density at radius 3 is 2.41 bits per heavy atom. The molecule has 0 radical (unpaired) electrons.